The van der Waals surface area contributed by atoms with Crippen molar-refractivity contribution in [1.82, 2.24) is 9.97 Å². The first kappa shape index (κ1) is 11.9. The standard InChI is InChI=1S/C10H18N4O/c1-3-4-8(2)15-7-9-5-13-10(14-11)6-12-9/h5-6,8H,3-4,7,11H2,1-2H3,(H,13,14). The zero-order valence-corrected chi connectivity index (χ0v) is 9.23. The van der Waals surface area contributed by atoms with Gasteiger partial charge in [0.2, 0.25) is 0 Å². The van der Waals surface area contributed by atoms with Crippen molar-refractivity contribution < 1.29 is 4.74 Å². The van der Waals surface area contributed by atoms with Crippen molar-refractivity contribution >= 4 is 5.82 Å². The van der Waals surface area contributed by atoms with Gasteiger partial charge in [0.1, 0.15) is 0 Å². The summed E-state index contributed by atoms with van der Waals surface area (Å²) in [4.78, 5) is 8.19. The molecule has 0 amide bonds. The van der Waals surface area contributed by atoms with Crippen molar-refractivity contribution in [2.45, 2.75) is 39.4 Å². The zero-order chi connectivity index (χ0) is 11.1. The lowest BCUT2D eigenvalue weighted by Gasteiger charge is -2.11. The van der Waals surface area contributed by atoms with Gasteiger partial charge in [0.15, 0.2) is 5.82 Å². The highest BCUT2D eigenvalue weighted by Crippen LogP contribution is 2.05. The quantitative estimate of drug-likeness (QED) is 0.549. The lowest BCUT2D eigenvalue weighted by Crippen LogP contribution is -2.11. The molecule has 0 aromatic carbocycles. The van der Waals surface area contributed by atoms with Gasteiger partial charge in [0.05, 0.1) is 30.8 Å². The predicted octanol–water partition coefficient (Wildman–Crippen LogP) is 1.47. The molecule has 0 aliphatic carbocycles. The molecule has 15 heavy (non-hydrogen) atoms. The monoisotopic (exact) mass is 210 g/mol. The molecule has 1 aromatic heterocycles. The third kappa shape index (κ3) is 4.22. The lowest BCUT2D eigenvalue weighted by atomic mass is 10.2. The molecule has 5 nitrogen and oxygen atoms in total. The molecule has 0 bridgehead atoms. The molecule has 84 valence electrons. The number of nitrogens with one attached hydrogen (secondary N) is 1. The van der Waals surface area contributed by atoms with Gasteiger partial charge in [-0.15, -0.1) is 0 Å². The van der Waals surface area contributed by atoms with Crippen molar-refractivity contribution in [3.8, 4) is 0 Å². The van der Waals surface area contributed by atoms with Crippen LogP contribution in [0.2, 0.25) is 0 Å². The van der Waals surface area contributed by atoms with Crippen LogP contribution in [0.1, 0.15) is 32.4 Å². The van der Waals surface area contributed by atoms with Crippen LogP contribution < -0.4 is 11.3 Å². The van der Waals surface area contributed by atoms with Crippen molar-refractivity contribution in [3.05, 3.63) is 18.1 Å². The van der Waals surface area contributed by atoms with Gasteiger partial charge in [-0.05, 0) is 13.3 Å². The zero-order valence-electron chi connectivity index (χ0n) is 9.23. The number of nitrogens with two attached hydrogens (primary N) is 1. The van der Waals surface area contributed by atoms with E-state index in [1.807, 2.05) is 0 Å². The molecular formula is C10H18N4O. The van der Waals surface area contributed by atoms with Crippen LogP contribution in [0.3, 0.4) is 0 Å². The Labute approximate surface area is 90.0 Å². The van der Waals surface area contributed by atoms with E-state index in [4.69, 9.17) is 10.6 Å². The Morgan fingerprint density at radius 1 is 1.47 bits per heavy atom. The Morgan fingerprint density at radius 2 is 2.27 bits per heavy atom. The Kier molecular flexibility index (Phi) is 5.00. The molecule has 1 unspecified atom stereocenters. The first-order chi connectivity index (χ1) is 7.26. The minimum absolute atomic E-state index is 0.268. The average molecular weight is 210 g/mol. The van der Waals surface area contributed by atoms with Crippen LogP contribution in [0.25, 0.3) is 0 Å². The molecule has 0 aliphatic rings. The van der Waals surface area contributed by atoms with Gasteiger partial charge in [-0.2, -0.15) is 0 Å². The van der Waals surface area contributed by atoms with E-state index < -0.39 is 0 Å². The maximum Gasteiger partial charge on any atom is 0.158 e. The number of hydrogen-bond acceptors (Lipinski definition) is 5. The second kappa shape index (κ2) is 6.31. The summed E-state index contributed by atoms with van der Waals surface area (Å²) in [7, 11) is 0. The first-order valence-electron chi connectivity index (χ1n) is 5.15. The van der Waals surface area contributed by atoms with E-state index in [-0.39, 0.29) is 6.10 Å². The minimum atomic E-state index is 0.268. The first-order valence-corrected chi connectivity index (χ1v) is 5.15. The summed E-state index contributed by atoms with van der Waals surface area (Å²) in [5.74, 6) is 5.73. The van der Waals surface area contributed by atoms with Gasteiger partial charge in [0.25, 0.3) is 0 Å². The Hall–Kier alpha value is -1.20. The van der Waals surface area contributed by atoms with Crippen molar-refractivity contribution in [3.63, 3.8) is 0 Å². The Balaban J connectivity index is 2.37. The van der Waals surface area contributed by atoms with E-state index in [0.717, 1.165) is 18.5 Å². The topological polar surface area (TPSA) is 73.1 Å². The van der Waals surface area contributed by atoms with Gasteiger partial charge in [-0.25, -0.2) is 10.8 Å². The van der Waals surface area contributed by atoms with Gasteiger partial charge in [0, 0.05) is 0 Å². The molecule has 0 aliphatic heterocycles. The van der Waals surface area contributed by atoms with E-state index in [2.05, 4.69) is 29.2 Å². The molecule has 5 heteroatoms. The molecule has 0 spiro atoms. The van der Waals surface area contributed by atoms with Crippen molar-refractivity contribution in [1.29, 1.82) is 0 Å². The highest BCUT2D eigenvalue weighted by molar-refractivity contribution is 5.28. The predicted molar refractivity (Wildman–Crippen MR) is 59.0 cm³/mol. The summed E-state index contributed by atoms with van der Waals surface area (Å²) in [5, 5.41) is 0. The third-order valence-corrected chi connectivity index (χ3v) is 2.06. The largest absolute Gasteiger partial charge is 0.372 e. The van der Waals surface area contributed by atoms with Crippen LogP contribution in [0.5, 0.6) is 0 Å². The second-order valence-corrected chi connectivity index (χ2v) is 3.45. The molecule has 3 N–H and O–H groups in total. The molecule has 1 rings (SSSR count). The van der Waals surface area contributed by atoms with Crippen LogP contribution in [0.15, 0.2) is 12.4 Å². The van der Waals surface area contributed by atoms with Crippen LogP contribution in [-0.4, -0.2) is 16.1 Å². The Morgan fingerprint density at radius 3 is 2.80 bits per heavy atom. The van der Waals surface area contributed by atoms with Gasteiger partial charge >= 0.3 is 0 Å². The van der Waals surface area contributed by atoms with E-state index in [1.54, 1.807) is 12.4 Å². The molecule has 0 saturated carbocycles. The smallest absolute Gasteiger partial charge is 0.158 e. The molecule has 1 heterocycles. The number of nitrogen functional groups attached to an aromatic ring is 1. The number of aromatic nitrogens is 2. The number of hydrazine groups is 1. The van der Waals surface area contributed by atoms with Gasteiger partial charge in [-0.3, -0.25) is 4.98 Å². The van der Waals surface area contributed by atoms with E-state index in [9.17, 15) is 0 Å². The summed E-state index contributed by atoms with van der Waals surface area (Å²) in [6.07, 6.45) is 5.71. The summed E-state index contributed by atoms with van der Waals surface area (Å²) in [6.45, 7) is 4.70. The van der Waals surface area contributed by atoms with Crippen LogP contribution in [0.4, 0.5) is 5.82 Å². The number of hydrogen-bond donors (Lipinski definition) is 2. The SMILES string of the molecule is CCCC(C)OCc1cnc(NN)cn1. The highest BCUT2D eigenvalue weighted by atomic mass is 16.5. The lowest BCUT2D eigenvalue weighted by molar-refractivity contribution is 0.0451. The number of anilines is 1. The van der Waals surface area contributed by atoms with Crippen LogP contribution in [-0.2, 0) is 11.3 Å². The summed E-state index contributed by atoms with van der Waals surface area (Å²) in [6, 6.07) is 0. The molecule has 1 aromatic rings. The summed E-state index contributed by atoms with van der Waals surface area (Å²) in [5.41, 5.74) is 3.24. The Bertz CT molecular complexity index is 275. The van der Waals surface area contributed by atoms with Crippen LogP contribution in [0, 0.1) is 0 Å². The molecule has 0 radical (unpaired) electrons. The van der Waals surface area contributed by atoms with E-state index in [1.165, 1.54) is 0 Å². The maximum absolute atomic E-state index is 5.59. The maximum atomic E-state index is 5.59. The number of rotatable bonds is 6. The van der Waals surface area contributed by atoms with Gasteiger partial charge in [-0.1, -0.05) is 13.3 Å². The second-order valence-electron chi connectivity index (χ2n) is 3.45. The molecule has 0 fully saturated rings. The fourth-order valence-corrected chi connectivity index (χ4v) is 1.22. The van der Waals surface area contributed by atoms with E-state index >= 15 is 0 Å². The van der Waals surface area contributed by atoms with Gasteiger partial charge < -0.3 is 10.2 Å². The fraction of sp³-hybridized carbons (Fsp3) is 0.600. The minimum Gasteiger partial charge on any atom is -0.372 e. The summed E-state index contributed by atoms with van der Waals surface area (Å²) < 4.78 is 5.59. The fourth-order valence-electron chi connectivity index (χ4n) is 1.22. The average Bonchev–Trinajstić information content (AvgIpc) is 2.27. The number of nitrogens with zero attached hydrogens (tertiary/aromatic N) is 2. The normalized spacial score (nSPS) is 12.5. The van der Waals surface area contributed by atoms with Crippen molar-refractivity contribution in [2.75, 3.05) is 5.43 Å². The molecular weight excluding hydrogens is 192 g/mol. The summed E-state index contributed by atoms with van der Waals surface area (Å²) >= 11 is 0. The van der Waals surface area contributed by atoms with E-state index in [0.29, 0.717) is 12.4 Å². The molecule has 0 saturated heterocycles. The van der Waals surface area contributed by atoms with Crippen molar-refractivity contribution in [2.24, 2.45) is 5.84 Å². The van der Waals surface area contributed by atoms with Crippen LogP contribution >= 0.6 is 0 Å². The third-order valence-electron chi connectivity index (χ3n) is 2.06. The highest BCUT2D eigenvalue weighted by Gasteiger charge is 2.02. The molecule has 1 atom stereocenters. The number of ether oxygens (including phenoxy) is 1.